The number of ether oxygens (including phenoxy) is 1. The number of aldehydes is 1. The first-order chi connectivity index (χ1) is 18.9. The van der Waals surface area contributed by atoms with Crippen molar-refractivity contribution in [1.82, 2.24) is 15.3 Å². The fraction of sp³-hybridized carbons (Fsp3) is 0.107. The second-order valence-electron chi connectivity index (χ2n) is 8.58. The van der Waals surface area contributed by atoms with Crippen molar-refractivity contribution in [3.63, 3.8) is 0 Å². The number of hydrogen-bond donors (Lipinski definition) is 2. The fourth-order valence-electron chi connectivity index (χ4n) is 3.93. The molecular weight excluding hydrogens is 542 g/mol. The second kappa shape index (κ2) is 11.7. The highest BCUT2D eigenvalue weighted by molar-refractivity contribution is 8.00. The predicted molar refractivity (Wildman–Crippen MR) is 147 cm³/mol. The molecule has 0 spiro atoms. The van der Waals surface area contributed by atoms with Crippen molar-refractivity contribution in [3.8, 4) is 11.5 Å². The van der Waals surface area contributed by atoms with Crippen molar-refractivity contribution < 1.29 is 23.1 Å². The summed E-state index contributed by atoms with van der Waals surface area (Å²) in [5.74, 6) is -0.923. The summed E-state index contributed by atoms with van der Waals surface area (Å²) in [5, 5.41) is 5.29. The Morgan fingerprint density at radius 1 is 1.08 bits per heavy atom. The molecule has 0 saturated carbocycles. The first kappa shape index (κ1) is 26.4. The molecular formula is C28H20F2N4O3S2. The first-order valence-corrected chi connectivity index (χ1v) is 13.0. The molecule has 1 atom stereocenters. The number of amides is 1. The zero-order valence-electron chi connectivity index (χ0n) is 20.2. The standard InChI is InChI=1S/C28H20F2N4O3S2/c29-18-4-1-16(2-5-18)11-26(36)34-28(38)33-19-6-8-23(20(30)12-19)37-24-9-10-31-22-13-25(39-27(22)24)21-7-3-17(15-35)14-32-21/h1-10,12,14-15,25H,11,13H2,(H2,33,34,36,38). The number of benzene rings is 2. The van der Waals surface area contributed by atoms with Crippen LogP contribution >= 0.6 is 24.0 Å². The number of thioether (sulfide) groups is 1. The lowest BCUT2D eigenvalue weighted by molar-refractivity contribution is -0.119. The van der Waals surface area contributed by atoms with Gasteiger partial charge in [-0.25, -0.2) is 8.78 Å². The average Bonchev–Trinajstić information content (AvgIpc) is 3.37. The van der Waals surface area contributed by atoms with Gasteiger partial charge in [-0.05, 0) is 54.2 Å². The summed E-state index contributed by atoms with van der Waals surface area (Å²) >= 11 is 6.68. The molecule has 5 rings (SSSR count). The van der Waals surface area contributed by atoms with E-state index in [1.54, 1.807) is 24.4 Å². The largest absolute Gasteiger partial charge is 0.453 e. The number of nitrogens with zero attached hydrogens (tertiary/aromatic N) is 2. The first-order valence-electron chi connectivity index (χ1n) is 11.8. The van der Waals surface area contributed by atoms with Gasteiger partial charge in [-0.3, -0.25) is 19.6 Å². The highest BCUT2D eigenvalue weighted by Crippen LogP contribution is 2.50. The molecule has 11 heteroatoms. The summed E-state index contributed by atoms with van der Waals surface area (Å²) in [7, 11) is 0. The van der Waals surface area contributed by atoms with Crippen molar-refractivity contribution in [3.05, 3.63) is 107 Å². The Kier molecular flexibility index (Phi) is 7.89. The van der Waals surface area contributed by atoms with Crippen molar-refractivity contribution >= 4 is 47.0 Å². The number of pyridine rings is 2. The van der Waals surface area contributed by atoms with Gasteiger partial charge < -0.3 is 15.4 Å². The smallest absolute Gasteiger partial charge is 0.230 e. The Bertz CT molecular complexity index is 1550. The zero-order chi connectivity index (χ0) is 27.4. The van der Waals surface area contributed by atoms with Crippen LogP contribution in [0.25, 0.3) is 0 Å². The van der Waals surface area contributed by atoms with E-state index in [0.29, 0.717) is 29.0 Å². The SMILES string of the molecule is O=Cc1ccc(C2Cc3nccc(Oc4ccc(NC(=S)NC(=O)Cc5ccc(F)cc5)cc4F)c3S2)nc1. The third-order valence-electron chi connectivity index (χ3n) is 5.80. The van der Waals surface area contributed by atoms with Crippen LogP contribution < -0.4 is 15.4 Å². The number of hydrogen-bond acceptors (Lipinski definition) is 7. The Morgan fingerprint density at radius 2 is 1.90 bits per heavy atom. The third kappa shape index (κ3) is 6.44. The minimum Gasteiger partial charge on any atom is -0.453 e. The van der Waals surface area contributed by atoms with Crippen molar-refractivity contribution in [1.29, 1.82) is 0 Å². The summed E-state index contributed by atoms with van der Waals surface area (Å²) in [6.07, 6.45) is 4.53. The van der Waals surface area contributed by atoms with Crippen LogP contribution in [0.3, 0.4) is 0 Å². The molecule has 3 heterocycles. The zero-order valence-corrected chi connectivity index (χ0v) is 21.8. The number of fused-ring (bicyclic) bond motifs is 1. The van der Waals surface area contributed by atoms with Crippen LogP contribution in [0.1, 0.15) is 32.6 Å². The molecule has 196 valence electrons. The van der Waals surface area contributed by atoms with Gasteiger partial charge in [-0.15, -0.1) is 11.8 Å². The highest BCUT2D eigenvalue weighted by Gasteiger charge is 2.29. The van der Waals surface area contributed by atoms with Gasteiger partial charge in [0.2, 0.25) is 5.91 Å². The molecule has 0 fully saturated rings. The van der Waals surface area contributed by atoms with E-state index in [-0.39, 0.29) is 28.3 Å². The molecule has 0 bridgehead atoms. The molecule has 2 aromatic carbocycles. The Labute approximate surface area is 232 Å². The van der Waals surface area contributed by atoms with Gasteiger partial charge in [-0.1, -0.05) is 12.1 Å². The van der Waals surface area contributed by atoms with Crippen LogP contribution in [0.4, 0.5) is 14.5 Å². The van der Waals surface area contributed by atoms with Crippen LogP contribution in [0, 0.1) is 11.6 Å². The summed E-state index contributed by atoms with van der Waals surface area (Å²) in [4.78, 5) is 32.7. The van der Waals surface area contributed by atoms with Crippen molar-refractivity contribution in [2.45, 2.75) is 23.0 Å². The topological polar surface area (TPSA) is 93.2 Å². The van der Waals surface area contributed by atoms with Gasteiger partial charge in [-0.2, -0.15) is 0 Å². The molecule has 4 aromatic rings. The number of thiocarbonyl (C=S) groups is 1. The molecule has 1 unspecified atom stereocenters. The second-order valence-corrected chi connectivity index (χ2v) is 10.2. The van der Waals surface area contributed by atoms with E-state index in [0.717, 1.165) is 22.6 Å². The Hall–Kier alpha value is -4.22. The molecule has 2 N–H and O–H groups in total. The van der Waals surface area contributed by atoms with Gasteiger partial charge in [0.05, 0.1) is 28.0 Å². The van der Waals surface area contributed by atoms with Gasteiger partial charge in [0, 0.05) is 42.2 Å². The van der Waals surface area contributed by atoms with E-state index in [9.17, 15) is 18.4 Å². The lowest BCUT2D eigenvalue weighted by atomic mass is 10.1. The normalized spacial score (nSPS) is 13.8. The highest BCUT2D eigenvalue weighted by atomic mass is 32.2. The van der Waals surface area contributed by atoms with Crippen LogP contribution in [-0.4, -0.2) is 27.3 Å². The molecule has 1 amide bonds. The maximum Gasteiger partial charge on any atom is 0.230 e. The average molecular weight is 563 g/mol. The van der Waals surface area contributed by atoms with E-state index >= 15 is 0 Å². The predicted octanol–water partition coefficient (Wildman–Crippen LogP) is 5.80. The number of rotatable bonds is 7. The summed E-state index contributed by atoms with van der Waals surface area (Å²) in [6, 6.07) is 15.0. The lowest BCUT2D eigenvalue weighted by Gasteiger charge is -2.13. The molecule has 0 aliphatic carbocycles. The van der Waals surface area contributed by atoms with E-state index in [1.165, 1.54) is 54.4 Å². The number of aromatic nitrogens is 2. The van der Waals surface area contributed by atoms with Crippen LogP contribution in [-0.2, 0) is 17.6 Å². The number of carbonyl (C=O) groups excluding carboxylic acids is 2. The van der Waals surface area contributed by atoms with Crippen LogP contribution in [0.5, 0.6) is 11.5 Å². The molecule has 1 aliphatic rings. The number of halogens is 2. The Balaban J connectivity index is 1.21. The van der Waals surface area contributed by atoms with E-state index in [1.807, 2.05) is 6.07 Å². The van der Waals surface area contributed by atoms with E-state index < -0.39 is 11.7 Å². The quantitative estimate of drug-likeness (QED) is 0.216. The summed E-state index contributed by atoms with van der Waals surface area (Å²) < 4.78 is 33.9. The maximum absolute atomic E-state index is 14.9. The molecule has 7 nitrogen and oxygen atoms in total. The number of nitrogens with one attached hydrogen (secondary N) is 2. The summed E-state index contributed by atoms with van der Waals surface area (Å²) in [6.45, 7) is 0. The molecule has 0 saturated heterocycles. The molecule has 0 radical (unpaired) electrons. The lowest BCUT2D eigenvalue weighted by Crippen LogP contribution is -2.35. The summed E-state index contributed by atoms with van der Waals surface area (Å²) in [5.41, 5.74) is 3.10. The molecule has 2 aromatic heterocycles. The fourth-order valence-corrected chi connectivity index (χ4v) is 5.44. The molecule has 1 aliphatic heterocycles. The van der Waals surface area contributed by atoms with Gasteiger partial charge in [0.25, 0.3) is 0 Å². The minimum atomic E-state index is -0.628. The van der Waals surface area contributed by atoms with E-state index in [2.05, 4.69) is 20.6 Å². The van der Waals surface area contributed by atoms with Crippen molar-refractivity contribution in [2.75, 3.05) is 5.32 Å². The maximum atomic E-state index is 14.9. The molecule has 39 heavy (non-hydrogen) atoms. The van der Waals surface area contributed by atoms with Gasteiger partial charge >= 0.3 is 0 Å². The van der Waals surface area contributed by atoms with Gasteiger partial charge in [0.15, 0.2) is 23.0 Å². The number of anilines is 1. The minimum absolute atomic E-state index is 0.000593. The third-order valence-corrected chi connectivity index (χ3v) is 7.37. The van der Waals surface area contributed by atoms with Gasteiger partial charge in [0.1, 0.15) is 11.6 Å². The van der Waals surface area contributed by atoms with Crippen LogP contribution in [0.15, 0.2) is 78.0 Å². The van der Waals surface area contributed by atoms with Crippen molar-refractivity contribution in [2.24, 2.45) is 0 Å². The Morgan fingerprint density at radius 3 is 2.62 bits per heavy atom. The van der Waals surface area contributed by atoms with Crippen LogP contribution in [0.2, 0.25) is 0 Å². The monoisotopic (exact) mass is 562 g/mol. The van der Waals surface area contributed by atoms with E-state index in [4.69, 9.17) is 17.0 Å². The number of carbonyl (C=O) groups is 2.